The van der Waals surface area contributed by atoms with Gasteiger partial charge in [-0.05, 0) is 12.8 Å². The molecular weight excluding hydrogens is 252 g/mol. The molecule has 3 N–H and O–H groups in total. The molecule has 98 valence electrons. The average molecular weight is 268 g/mol. The monoisotopic (exact) mass is 268 g/mol. The first-order valence-electron chi connectivity index (χ1n) is 5.99. The lowest BCUT2D eigenvalue weighted by Crippen LogP contribution is -2.11. The van der Waals surface area contributed by atoms with Crippen LogP contribution in [-0.4, -0.2) is 15.2 Å². The van der Waals surface area contributed by atoms with E-state index in [1.54, 1.807) is 11.8 Å². The highest BCUT2D eigenvalue weighted by Crippen LogP contribution is 2.34. The molecule has 0 spiro atoms. The fourth-order valence-corrected chi connectivity index (χ4v) is 3.34. The highest BCUT2D eigenvalue weighted by atomic mass is 32.2. The first-order chi connectivity index (χ1) is 8.69. The van der Waals surface area contributed by atoms with Crippen molar-refractivity contribution in [2.24, 2.45) is 5.84 Å². The lowest BCUT2D eigenvalue weighted by molar-refractivity contribution is -0.385. The van der Waals surface area contributed by atoms with Gasteiger partial charge in [0.2, 0.25) is 0 Å². The number of nitrogens with one attached hydrogen (secondary N) is 1. The number of thioether (sulfide) groups is 1. The summed E-state index contributed by atoms with van der Waals surface area (Å²) in [6.45, 7) is 0. The van der Waals surface area contributed by atoms with Gasteiger partial charge in [0, 0.05) is 11.3 Å². The van der Waals surface area contributed by atoms with Crippen molar-refractivity contribution in [3.8, 4) is 0 Å². The summed E-state index contributed by atoms with van der Waals surface area (Å²) in [5.41, 5.74) is 2.40. The SMILES string of the molecule is NNc1cc([N+](=O)[O-])cc(SC2CCCCC2)n1. The fraction of sp³-hybridized carbons (Fsp3) is 0.545. The molecule has 1 saturated carbocycles. The molecule has 0 aromatic carbocycles. The van der Waals surface area contributed by atoms with E-state index in [0.29, 0.717) is 16.1 Å². The quantitative estimate of drug-likeness (QED) is 0.495. The number of pyridine rings is 1. The molecule has 0 aliphatic heterocycles. The minimum atomic E-state index is -0.423. The summed E-state index contributed by atoms with van der Waals surface area (Å²) in [6, 6.07) is 2.85. The number of nitro groups is 1. The molecule has 1 aliphatic carbocycles. The molecule has 1 aromatic rings. The molecule has 18 heavy (non-hydrogen) atoms. The van der Waals surface area contributed by atoms with E-state index < -0.39 is 4.92 Å². The Labute approximate surface area is 109 Å². The molecule has 1 aliphatic rings. The van der Waals surface area contributed by atoms with Crippen LogP contribution in [0.2, 0.25) is 0 Å². The minimum Gasteiger partial charge on any atom is -0.308 e. The molecule has 0 radical (unpaired) electrons. The van der Waals surface area contributed by atoms with E-state index in [0.717, 1.165) is 12.8 Å². The standard InChI is InChI=1S/C11H16N4O2S/c12-14-10-6-8(15(16)17)7-11(13-10)18-9-4-2-1-3-5-9/h6-7,9H,1-5,12H2,(H,13,14). The zero-order valence-electron chi connectivity index (χ0n) is 9.96. The number of nitrogen functional groups attached to an aromatic ring is 1. The summed E-state index contributed by atoms with van der Waals surface area (Å²) in [7, 11) is 0. The van der Waals surface area contributed by atoms with Gasteiger partial charge in [0.05, 0.1) is 11.0 Å². The second-order valence-electron chi connectivity index (χ2n) is 4.33. The first kappa shape index (κ1) is 13.1. The molecule has 0 saturated heterocycles. The van der Waals surface area contributed by atoms with E-state index in [2.05, 4.69) is 10.4 Å². The zero-order valence-corrected chi connectivity index (χ0v) is 10.8. The molecule has 1 aromatic heterocycles. The third kappa shape index (κ3) is 3.33. The van der Waals surface area contributed by atoms with Crippen LogP contribution in [0.25, 0.3) is 0 Å². The van der Waals surface area contributed by atoms with Crippen LogP contribution in [0.4, 0.5) is 11.5 Å². The van der Waals surface area contributed by atoms with Crippen LogP contribution in [0.3, 0.4) is 0 Å². The van der Waals surface area contributed by atoms with Crippen LogP contribution in [0.1, 0.15) is 32.1 Å². The fourth-order valence-electron chi connectivity index (χ4n) is 2.08. The van der Waals surface area contributed by atoms with Crippen LogP contribution >= 0.6 is 11.8 Å². The number of hydrogen-bond acceptors (Lipinski definition) is 6. The van der Waals surface area contributed by atoms with Gasteiger partial charge in [0.25, 0.3) is 5.69 Å². The van der Waals surface area contributed by atoms with Crippen LogP contribution < -0.4 is 11.3 Å². The van der Waals surface area contributed by atoms with Gasteiger partial charge in [-0.1, -0.05) is 19.3 Å². The van der Waals surface area contributed by atoms with E-state index in [4.69, 9.17) is 5.84 Å². The van der Waals surface area contributed by atoms with E-state index >= 15 is 0 Å². The lowest BCUT2D eigenvalue weighted by Gasteiger charge is -2.20. The van der Waals surface area contributed by atoms with Gasteiger partial charge in [0.1, 0.15) is 10.8 Å². The Morgan fingerprint density at radius 1 is 1.39 bits per heavy atom. The van der Waals surface area contributed by atoms with Gasteiger partial charge in [0.15, 0.2) is 0 Å². The molecule has 0 amide bonds. The van der Waals surface area contributed by atoms with Crippen molar-refractivity contribution in [1.29, 1.82) is 0 Å². The Hall–Kier alpha value is -1.34. The van der Waals surface area contributed by atoms with Crippen LogP contribution in [-0.2, 0) is 0 Å². The molecule has 1 heterocycles. The first-order valence-corrected chi connectivity index (χ1v) is 6.87. The molecule has 7 heteroatoms. The molecular formula is C11H16N4O2S. The summed E-state index contributed by atoms with van der Waals surface area (Å²) < 4.78 is 0. The third-order valence-corrected chi connectivity index (χ3v) is 4.24. The Kier molecular flexibility index (Phi) is 4.38. The van der Waals surface area contributed by atoms with Crippen molar-refractivity contribution in [1.82, 2.24) is 4.98 Å². The smallest absolute Gasteiger partial charge is 0.275 e. The van der Waals surface area contributed by atoms with Gasteiger partial charge in [-0.3, -0.25) is 10.1 Å². The molecule has 2 rings (SSSR count). The number of aromatic nitrogens is 1. The third-order valence-electron chi connectivity index (χ3n) is 2.98. The number of anilines is 1. The van der Waals surface area contributed by atoms with Crippen molar-refractivity contribution in [3.63, 3.8) is 0 Å². The van der Waals surface area contributed by atoms with Gasteiger partial charge in [-0.25, -0.2) is 10.8 Å². The maximum atomic E-state index is 10.8. The van der Waals surface area contributed by atoms with E-state index in [1.807, 2.05) is 0 Å². The van der Waals surface area contributed by atoms with Gasteiger partial charge in [-0.2, -0.15) is 0 Å². The Balaban J connectivity index is 2.15. The molecule has 0 atom stereocenters. The topological polar surface area (TPSA) is 94.1 Å². The highest BCUT2D eigenvalue weighted by Gasteiger charge is 2.18. The Morgan fingerprint density at radius 3 is 2.72 bits per heavy atom. The number of nitrogens with two attached hydrogens (primary N) is 1. The summed E-state index contributed by atoms with van der Waals surface area (Å²) in [6.07, 6.45) is 6.05. The maximum Gasteiger partial charge on any atom is 0.275 e. The number of rotatable bonds is 4. The second kappa shape index (κ2) is 6.01. The van der Waals surface area contributed by atoms with E-state index in [1.165, 1.54) is 31.4 Å². The molecule has 1 fully saturated rings. The maximum absolute atomic E-state index is 10.8. The van der Waals surface area contributed by atoms with Crippen molar-refractivity contribution in [3.05, 3.63) is 22.2 Å². The Bertz CT molecular complexity index is 435. The van der Waals surface area contributed by atoms with Crippen molar-refractivity contribution in [2.75, 3.05) is 5.43 Å². The second-order valence-corrected chi connectivity index (χ2v) is 5.65. The largest absolute Gasteiger partial charge is 0.308 e. The van der Waals surface area contributed by atoms with Crippen LogP contribution in [0.5, 0.6) is 0 Å². The predicted molar refractivity (Wildman–Crippen MR) is 71.4 cm³/mol. The van der Waals surface area contributed by atoms with Crippen molar-refractivity contribution in [2.45, 2.75) is 42.4 Å². The van der Waals surface area contributed by atoms with Gasteiger partial charge in [-0.15, -0.1) is 11.8 Å². The molecule has 0 bridgehead atoms. The zero-order chi connectivity index (χ0) is 13.0. The van der Waals surface area contributed by atoms with E-state index in [9.17, 15) is 10.1 Å². The molecule has 6 nitrogen and oxygen atoms in total. The summed E-state index contributed by atoms with van der Waals surface area (Å²) in [5.74, 6) is 5.61. The summed E-state index contributed by atoms with van der Waals surface area (Å²) in [5, 5.41) is 12.0. The summed E-state index contributed by atoms with van der Waals surface area (Å²) >= 11 is 1.61. The average Bonchev–Trinajstić information content (AvgIpc) is 2.39. The normalized spacial score (nSPS) is 16.5. The highest BCUT2D eigenvalue weighted by molar-refractivity contribution is 7.99. The van der Waals surface area contributed by atoms with Crippen molar-refractivity contribution >= 4 is 23.3 Å². The summed E-state index contributed by atoms with van der Waals surface area (Å²) in [4.78, 5) is 14.6. The number of hydrazine groups is 1. The van der Waals surface area contributed by atoms with Crippen LogP contribution in [0.15, 0.2) is 17.2 Å². The minimum absolute atomic E-state index is 0.0243. The number of nitrogens with zero attached hydrogens (tertiary/aromatic N) is 2. The van der Waals surface area contributed by atoms with Gasteiger partial charge >= 0.3 is 0 Å². The Morgan fingerprint density at radius 2 is 2.11 bits per heavy atom. The predicted octanol–water partition coefficient (Wildman–Crippen LogP) is 2.70. The number of hydrogen-bond donors (Lipinski definition) is 2. The van der Waals surface area contributed by atoms with Crippen molar-refractivity contribution < 1.29 is 4.92 Å². The van der Waals surface area contributed by atoms with Gasteiger partial charge < -0.3 is 5.43 Å². The molecule has 0 unspecified atom stereocenters. The van der Waals surface area contributed by atoms with E-state index in [-0.39, 0.29) is 5.69 Å². The van der Waals surface area contributed by atoms with Crippen LogP contribution in [0, 0.1) is 10.1 Å². The lowest BCUT2D eigenvalue weighted by atomic mass is 10.0.